The lowest BCUT2D eigenvalue weighted by Gasteiger charge is -2.11. The van der Waals surface area contributed by atoms with Gasteiger partial charge in [-0.3, -0.25) is 4.68 Å². The largest absolute Gasteiger partial charge is 0.419 e. The zero-order chi connectivity index (χ0) is 15.8. The smallest absolute Gasteiger partial charge is 0.381 e. The lowest BCUT2D eigenvalue weighted by Crippen LogP contribution is -2.09. The van der Waals surface area contributed by atoms with E-state index in [-0.39, 0.29) is 12.2 Å². The summed E-state index contributed by atoms with van der Waals surface area (Å²) >= 11 is 6.03. The minimum atomic E-state index is -4.73. The van der Waals surface area contributed by atoms with E-state index in [2.05, 4.69) is 10.4 Å². The summed E-state index contributed by atoms with van der Waals surface area (Å²) in [6, 6.07) is 2.75. The summed E-state index contributed by atoms with van der Waals surface area (Å²) in [5.41, 5.74) is 0.203. The summed E-state index contributed by atoms with van der Waals surface area (Å²) in [5, 5.41) is 7.29. The van der Waals surface area contributed by atoms with Crippen molar-refractivity contribution < 1.29 is 17.6 Å². The van der Waals surface area contributed by atoms with Crippen molar-refractivity contribution in [2.24, 2.45) is 7.05 Å². The number of rotatable bonds is 3. The van der Waals surface area contributed by atoms with E-state index in [1.807, 2.05) is 0 Å². The maximum atomic E-state index is 13.2. The molecule has 1 aromatic carbocycles. The standard InChI is InChI=1S/C13H12ClF4N3/c1-7-9(12(14)21(2)20-7)6-19-8-3-4-11(15)10(5-8)13(16,17)18/h3-5,19H,6H2,1-2H3. The van der Waals surface area contributed by atoms with Crippen LogP contribution >= 0.6 is 11.6 Å². The minimum Gasteiger partial charge on any atom is -0.381 e. The number of anilines is 1. The first-order valence-electron chi connectivity index (χ1n) is 5.98. The number of nitrogens with one attached hydrogen (secondary N) is 1. The first kappa shape index (κ1) is 15.6. The molecular formula is C13H12ClF4N3. The van der Waals surface area contributed by atoms with E-state index in [0.717, 1.165) is 12.1 Å². The van der Waals surface area contributed by atoms with Crippen molar-refractivity contribution in [3.8, 4) is 0 Å². The highest BCUT2D eigenvalue weighted by Gasteiger charge is 2.34. The number of aromatic nitrogens is 2. The molecule has 3 nitrogen and oxygen atoms in total. The molecule has 2 rings (SSSR count). The Kier molecular flexibility index (Phi) is 4.13. The summed E-state index contributed by atoms with van der Waals surface area (Å²) in [6.07, 6.45) is -4.73. The molecule has 1 aromatic heterocycles. The summed E-state index contributed by atoms with van der Waals surface area (Å²) in [6.45, 7) is 1.94. The maximum Gasteiger partial charge on any atom is 0.419 e. The first-order valence-corrected chi connectivity index (χ1v) is 6.36. The zero-order valence-corrected chi connectivity index (χ0v) is 12.0. The molecule has 0 atom stereocenters. The Balaban J connectivity index is 2.21. The van der Waals surface area contributed by atoms with Crippen LogP contribution in [0, 0.1) is 12.7 Å². The maximum absolute atomic E-state index is 13.2. The van der Waals surface area contributed by atoms with Crippen molar-refractivity contribution in [3.63, 3.8) is 0 Å². The lowest BCUT2D eigenvalue weighted by molar-refractivity contribution is -0.139. The van der Waals surface area contributed by atoms with Gasteiger partial charge >= 0.3 is 6.18 Å². The minimum absolute atomic E-state index is 0.156. The highest BCUT2D eigenvalue weighted by molar-refractivity contribution is 6.30. The number of nitrogens with zero attached hydrogens (tertiary/aromatic N) is 2. The Bertz CT molecular complexity index is 664. The van der Waals surface area contributed by atoms with Gasteiger partial charge in [0.1, 0.15) is 11.0 Å². The highest BCUT2D eigenvalue weighted by Crippen LogP contribution is 2.33. The molecule has 0 radical (unpaired) electrons. The molecule has 0 aliphatic carbocycles. The van der Waals surface area contributed by atoms with Gasteiger partial charge in [-0.1, -0.05) is 11.6 Å². The fourth-order valence-corrected chi connectivity index (χ4v) is 2.16. The molecule has 0 saturated heterocycles. The van der Waals surface area contributed by atoms with Crippen LogP contribution in [0.3, 0.4) is 0 Å². The third-order valence-electron chi connectivity index (χ3n) is 3.01. The molecule has 114 valence electrons. The number of aryl methyl sites for hydroxylation is 2. The van der Waals surface area contributed by atoms with E-state index in [1.54, 1.807) is 14.0 Å². The van der Waals surface area contributed by atoms with Crippen LogP contribution in [0.2, 0.25) is 5.15 Å². The van der Waals surface area contributed by atoms with Gasteiger partial charge in [-0.05, 0) is 25.1 Å². The summed E-state index contributed by atoms with van der Waals surface area (Å²) < 4.78 is 52.5. The van der Waals surface area contributed by atoms with E-state index >= 15 is 0 Å². The average Bonchev–Trinajstić information content (AvgIpc) is 2.61. The van der Waals surface area contributed by atoms with E-state index in [0.29, 0.717) is 16.4 Å². The summed E-state index contributed by atoms with van der Waals surface area (Å²) in [7, 11) is 1.67. The topological polar surface area (TPSA) is 29.9 Å². The fourth-order valence-electron chi connectivity index (χ4n) is 1.92. The number of hydrogen-bond donors (Lipinski definition) is 1. The molecule has 0 unspecified atom stereocenters. The number of hydrogen-bond acceptors (Lipinski definition) is 2. The Morgan fingerprint density at radius 3 is 2.52 bits per heavy atom. The molecule has 0 bridgehead atoms. The molecule has 21 heavy (non-hydrogen) atoms. The van der Waals surface area contributed by atoms with Crippen molar-refractivity contribution in [1.82, 2.24) is 9.78 Å². The second kappa shape index (κ2) is 5.55. The summed E-state index contributed by atoms with van der Waals surface area (Å²) in [5.74, 6) is -1.30. The van der Waals surface area contributed by atoms with Crippen molar-refractivity contribution in [1.29, 1.82) is 0 Å². The van der Waals surface area contributed by atoms with Crippen LogP contribution in [-0.2, 0) is 19.8 Å². The molecule has 0 spiro atoms. The van der Waals surface area contributed by atoms with Crippen LogP contribution in [0.25, 0.3) is 0 Å². The molecule has 0 aliphatic heterocycles. The Hall–Kier alpha value is -1.76. The first-order chi connectivity index (χ1) is 9.70. The molecule has 0 amide bonds. The van der Waals surface area contributed by atoms with Crippen LogP contribution in [0.5, 0.6) is 0 Å². The molecule has 8 heteroatoms. The second-order valence-corrected chi connectivity index (χ2v) is 4.88. The normalized spacial score (nSPS) is 11.8. The number of alkyl halides is 3. The van der Waals surface area contributed by atoms with E-state index in [4.69, 9.17) is 11.6 Å². The molecule has 0 aliphatic rings. The predicted molar refractivity (Wildman–Crippen MR) is 71.7 cm³/mol. The zero-order valence-electron chi connectivity index (χ0n) is 11.2. The SMILES string of the molecule is Cc1nn(C)c(Cl)c1CNc1ccc(F)c(C(F)(F)F)c1. The fraction of sp³-hybridized carbons (Fsp3) is 0.308. The van der Waals surface area contributed by atoms with Crippen molar-refractivity contribution in [3.05, 3.63) is 46.0 Å². The van der Waals surface area contributed by atoms with Crippen molar-refractivity contribution in [2.75, 3.05) is 5.32 Å². The van der Waals surface area contributed by atoms with E-state index in [1.165, 1.54) is 10.7 Å². The van der Waals surface area contributed by atoms with Gasteiger partial charge in [0.25, 0.3) is 0 Å². The molecule has 0 saturated carbocycles. The predicted octanol–water partition coefficient (Wildman–Crippen LogP) is 4.15. The molecule has 2 aromatic rings. The van der Waals surface area contributed by atoms with E-state index < -0.39 is 17.6 Å². The Morgan fingerprint density at radius 2 is 2.00 bits per heavy atom. The van der Waals surface area contributed by atoms with Crippen molar-refractivity contribution >= 4 is 17.3 Å². The van der Waals surface area contributed by atoms with Crippen LogP contribution < -0.4 is 5.32 Å². The third kappa shape index (κ3) is 3.29. The molecular weight excluding hydrogens is 310 g/mol. The van der Waals surface area contributed by atoms with Gasteiger partial charge < -0.3 is 5.32 Å². The monoisotopic (exact) mass is 321 g/mol. The Morgan fingerprint density at radius 1 is 1.33 bits per heavy atom. The molecule has 1 heterocycles. The van der Waals surface area contributed by atoms with Gasteiger partial charge in [-0.25, -0.2) is 4.39 Å². The van der Waals surface area contributed by atoms with E-state index in [9.17, 15) is 17.6 Å². The Labute approximate surface area is 123 Å². The lowest BCUT2D eigenvalue weighted by atomic mass is 10.1. The van der Waals surface area contributed by atoms with Crippen LogP contribution in [0.1, 0.15) is 16.8 Å². The number of halogens is 5. The van der Waals surface area contributed by atoms with Gasteiger partial charge in [0, 0.05) is 24.8 Å². The summed E-state index contributed by atoms with van der Waals surface area (Å²) in [4.78, 5) is 0. The van der Waals surface area contributed by atoms with Gasteiger partial charge in [0.15, 0.2) is 0 Å². The molecule has 0 fully saturated rings. The highest BCUT2D eigenvalue weighted by atomic mass is 35.5. The number of benzene rings is 1. The third-order valence-corrected chi connectivity index (χ3v) is 3.48. The van der Waals surface area contributed by atoms with Crippen LogP contribution in [0.15, 0.2) is 18.2 Å². The molecule has 1 N–H and O–H groups in total. The van der Waals surface area contributed by atoms with Crippen molar-refractivity contribution in [2.45, 2.75) is 19.6 Å². The second-order valence-electron chi connectivity index (χ2n) is 4.52. The van der Waals surface area contributed by atoms with Gasteiger partial charge in [-0.2, -0.15) is 18.3 Å². The quantitative estimate of drug-likeness (QED) is 0.861. The van der Waals surface area contributed by atoms with Gasteiger partial charge in [-0.15, -0.1) is 0 Å². The average molecular weight is 322 g/mol. The van der Waals surface area contributed by atoms with Crippen LogP contribution in [0.4, 0.5) is 23.2 Å². The van der Waals surface area contributed by atoms with Crippen LogP contribution in [-0.4, -0.2) is 9.78 Å². The van der Waals surface area contributed by atoms with Gasteiger partial charge in [0.05, 0.1) is 11.3 Å². The van der Waals surface area contributed by atoms with Gasteiger partial charge in [0.2, 0.25) is 0 Å².